The van der Waals surface area contributed by atoms with E-state index < -0.39 is 16.6 Å². The van der Waals surface area contributed by atoms with Gasteiger partial charge in [0, 0.05) is 16.0 Å². The van der Waals surface area contributed by atoms with E-state index in [1.165, 1.54) is 18.2 Å². The van der Waals surface area contributed by atoms with Crippen molar-refractivity contribution in [2.45, 2.75) is 30.0 Å². The largest absolute Gasteiger partial charge is 0.324 e. The number of nitrogens with one attached hydrogen (secondary N) is 1. The molecule has 0 radical (unpaired) electrons. The molecule has 4 nitrogen and oxygen atoms in total. The summed E-state index contributed by atoms with van der Waals surface area (Å²) in [7, 11) is 0. The first-order valence-corrected chi connectivity index (χ1v) is 9.41. The van der Waals surface area contributed by atoms with Crippen LogP contribution in [0.1, 0.15) is 35.1 Å². The summed E-state index contributed by atoms with van der Waals surface area (Å²) in [5, 5.41) is 2.53. The summed E-state index contributed by atoms with van der Waals surface area (Å²) in [4.78, 5) is 27.6. The third-order valence-corrected chi connectivity index (χ3v) is 6.56. The fraction of sp³-hybridized carbons (Fsp3) is 0.263. The van der Waals surface area contributed by atoms with Crippen LogP contribution in [-0.4, -0.2) is 27.5 Å². The van der Waals surface area contributed by atoms with Crippen LogP contribution in [0.2, 0.25) is 5.02 Å². The number of carbonyl (C=O) groups excluding carboxylic acids is 2. The van der Waals surface area contributed by atoms with Crippen molar-refractivity contribution in [2.75, 3.05) is 5.32 Å². The Balaban J connectivity index is 1.66. The van der Waals surface area contributed by atoms with Crippen LogP contribution < -0.4 is 5.32 Å². The Hall–Kier alpha value is -2.05. The van der Waals surface area contributed by atoms with E-state index in [0.29, 0.717) is 11.3 Å². The van der Waals surface area contributed by atoms with Crippen molar-refractivity contribution in [3.8, 4) is 0 Å². The van der Waals surface area contributed by atoms with E-state index in [-0.39, 0.29) is 22.2 Å². The second-order valence-corrected chi connectivity index (χ2v) is 9.04. The van der Waals surface area contributed by atoms with E-state index in [1.807, 2.05) is 32.0 Å². The molecule has 2 atom stereocenters. The Labute approximate surface area is 159 Å². The number of halogens is 2. The highest BCUT2D eigenvalue weighted by Crippen LogP contribution is 2.56. The van der Waals surface area contributed by atoms with Gasteiger partial charge in [-0.15, -0.1) is 11.8 Å². The Kier molecular flexibility index (Phi) is 4.00. The summed E-state index contributed by atoms with van der Waals surface area (Å²) < 4.78 is 12.9. The summed E-state index contributed by atoms with van der Waals surface area (Å²) >= 11 is 7.39. The summed E-state index contributed by atoms with van der Waals surface area (Å²) in [5.74, 6) is -0.999. The van der Waals surface area contributed by atoms with Gasteiger partial charge in [-0.2, -0.15) is 0 Å². The Morgan fingerprint density at radius 1 is 1.27 bits per heavy atom. The van der Waals surface area contributed by atoms with Crippen molar-refractivity contribution >= 4 is 40.9 Å². The lowest BCUT2D eigenvalue weighted by atomic mass is 10.0. The molecule has 0 aliphatic carbocycles. The number of hydrogen-bond donors (Lipinski definition) is 1. The van der Waals surface area contributed by atoms with Crippen LogP contribution in [0.25, 0.3) is 0 Å². The minimum absolute atomic E-state index is 0.0645. The zero-order valence-corrected chi connectivity index (χ0v) is 15.7. The van der Waals surface area contributed by atoms with Gasteiger partial charge in [-0.05, 0) is 43.7 Å². The lowest BCUT2D eigenvalue weighted by Crippen LogP contribution is -2.50. The summed E-state index contributed by atoms with van der Waals surface area (Å²) in [6.45, 7) is 3.90. The molecule has 7 heteroatoms. The van der Waals surface area contributed by atoms with Gasteiger partial charge in [-0.25, -0.2) is 4.39 Å². The van der Waals surface area contributed by atoms with Gasteiger partial charge in [-0.3, -0.25) is 9.59 Å². The highest BCUT2D eigenvalue weighted by atomic mass is 35.5. The molecule has 26 heavy (non-hydrogen) atoms. The molecule has 1 fully saturated rings. The molecule has 2 aliphatic rings. The molecule has 134 valence electrons. The van der Waals surface area contributed by atoms with Crippen LogP contribution in [-0.2, 0) is 4.79 Å². The summed E-state index contributed by atoms with van der Waals surface area (Å²) in [6, 6.07) is 10.8. The average molecular weight is 391 g/mol. The molecule has 2 aliphatic heterocycles. The van der Waals surface area contributed by atoms with Gasteiger partial charge in [0.15, 0.2) is 0 Å². The monoisotopic (exact) mass is 390 g/mol. The Morgan fingerprint density at radius 2 is 2.00 bits per heavy atom. The molecule has 0 bridgehead atoms. The topological polar surface area (TPSA) is 49.4 Å². The second-order valence-electron chi connectivity index (χ2n) is 6.89. The van der Waals surface area contributed by atoms with E-state index in [1.54, 1.807) is 22.7 Å². The quantitative estimate of drug-likeness (QED) is 0.823. The van der Waals surface area contributed by atoms with Crippen LogP contribution in [0.15, 0.2) is 42.5 Å². The maximum absolute atomic E-state index is 13.3. The fourth-order valence-corrected chi connectivity index (χ4v) is 5.36. The number of nitrogens with zero attached hydrogens (tertiary/aromatic N) is 1. The maximum atomic E-state index is 13.3. The van der Waals surface area contributed by atoms with Crippen molar-refractivity contribution in [1.82, 2.24) is 4.90 Å². The van der Waals surface area contributed by atoms with Gasteiger partial charge in [-0.1, -0.05) is 29.8 Å². The van der Waals surface area contributed by atoms with Crippen LogP contribution in [0.4, 0.5) is 10.1 Å². The van der Waals surface area contributed by atoms with Crippen molar-refractivity contribution in [3.63, 3.8) is 0 Å². The number of benzene rings is 2. The minimum Gasteiger partial charge on any atom is -0.324 e. The third kappa shape index (κ3) is 2.59. The second kappa shape index (κ2) is 5.99. The molecule has 2 aromatic carbocycles. The van der Waals surface area contributed by atoms with E-state index in [2.05, 4.69) is 5.32 Å². The maximum Gasteiger partial charge on any atom is 0.256 e. The highest BCUT2D eigenvalue weighted by molar-refractivity contribution is 8.01. The molecule has 1 saturated heterocycles. The van der Waals surface area contributed by atoms with E-state index in [4.69, 9.17) is 11.6 Å². The first kappa shape index (κ1) is 17.4. The van der Waals surface area contributed by atoms with Gasteiger partial charge in [0.2, 0.25) is 5.91 Å². The molecule has 0 spiro atoms. The number of fused-ring (bicyclic) bond motifs is 3. The predicted octanol–water partition coefficient (Wildman–Crippen LogP) is 4.47. The van der Waals surface area contributed by atoms with E-state index in [0.717, 1.165) is 5.56 Å². The van der Waals surface area contributed by atoms with Gasteiger partial charge in [0.05, 0.1) is 5.02 Å². The Bertz CT molecular complexity index is 934. The number of carbonyl (C=O) groups is 2. The van der Waals surface area contributed by atoms with Gasteiger partial charge < -0.3 is 10.2 Å². The van der Waals surface area contributed by atoms with Crippen LogP contribution >= 0.6 is 23.4 Å². The Morgan fingerprint density at radius 3 is 2.73 bits per heavy atom. The fourth-order valence-electron chi connectivity index (χ4n) is 3.59. The molecular formula is C19H16ClFN2O2S. The van der Waals surface area contributed by atoms with Crippen molar-refractivity contribution < 1.29 is 14.0 Å². The van der Waals surface area contributed by atoms with Crippen LogP contribution in [0.5, 0.6) is 0 Å². The third-order valence-electron chi connectivity index (χ3n) is 4.73. The van der Waals surface area contributed by atoms with Gasteiger partial charge in [0.25, 0.3) is 5.91 Å². The molecule has 0 aromatic heterocycles. The number of rotatable bonds is 2. The van der Waals surface area contributed by atoms with Crippen molar-refractivity contribution in [1.29, 1.82) is 0 Å². The molecule has 0 unspecified atom stereocenters. The summed E-state index contributed by atoms with van der Waals surface area (Å²) in [5.41, 5.74) is 1.98. The molecule has 2 amide bonds. The predicted molar refractivity (Wildman–Crippen MR) is 101 cm³/mol. The molecular weight excluding hydrogens is 375 g/mol. The molecule has 0 saturated carbocycles. The summed E-state index contributed by atoms with van der Waals surface area (Å²) in [6.07, 6.45) is 0. The van der Waals surface area contributed by atoms with E-state index >= 15 is 0 Å². The van der Waals surface area contributed by atoms with Crippen molar-refractivity contribution in [2.24, 2.45) is 0 Å². The van der Waals surface area contributed by atoms with E-state index in [9.17, 15) is 14.0 Å². The van der Waals surface area contributed by atoms with Crippen LogP contribution in [0.3, 0.4) is 0 Å². The first-order chi connectivity index (χ1) is 12.3. The SMILES string of the molecule is CC1(C)S[C@@H]2c3ccccc3C(=O)N2[C@@H]1C(=O)Nc1ccc(F)c(Cl)c1. The molecule has 1 N–H and O–H groups in total. The molecule has 4 rings (SSSR count). The lowest BCUT2D eigenvalue weighted by molar-refractivity contribution is -0.121. The van der Waals surface area contributed by atoms with Crippen LogP contribution in [0, 0.1) is 5.82 Å². The molecule has 2 aromatic rings. The zero-order valence-electron chi connectivity index (χ0n) is 14.1. The molecule has 2 heterocycles. The number of amides is 2. The van der Waals surface area contributed by atoms with Gasteiger partial charge >= 0.3 is 0 Å². The number of anilines is 1. The zero-order chi connectivity index (χ0) is 18.6. The average Bonchev–Trinajstić information content (AvgIpc) is 3.01. The highest BCUT2D eigenvalue weighted by Gasteiger charge is 2.57. The minimum atomic E-state index is -0.652. The normalized spacial score (nSPS) is 22.9. The first-order valence-electron chi connectivity index (χ1n) is 8.15. The van der Waals surface area contributed by atoms with Gasteiger partial charge in [0.1, 0.15) is 17.2 Å². The smallest absolute Gasteiger partial charge is 0.256 e. The number of thioether (sulfide) groups is 1. The van der Waals surface area contributed by atoms with Crippen molar-refractivity contribution in [3.05, 3.63) is 64.4 Å². The standard InChI is InChI=1S/C19H16ClFN2O2S/c1-19(2)15(16(24)22-10-7-8-14(21)13(20)9-10)23-17(25)11-5-3-4-6-12(11)18(23)26-19/h3-9,15,18H,1-2H3,(H,22,24)/t15-,18-/m1/s1. The number of hydrogen-bond acceptors (Lipinski definition) is 3. The lowest BCUT2D eigenvalue weighted by Gasteiger charge is -2.29.